The number of rotatable bonds is 4. The quantitative estimate of drug-likeness (QED) is 0.903. The van der Waals surface area contributed by atoms with Gasteiger partial charge < -0.3 is 10.1 Å². The third-order valence-electron chi connectivity index (χ3n) is 2.63. The fourth-order valence-electron chi connectivity index (χ4n) is 1.64. The molecule has 0 aromatic heterocycles. The van der Waals surface area contributed by atoms with Crippen LogP contribution in [-0.2, 0) is 11.2 Å². The highest BCUT2D eigenvalue weighted by molar-refractivity contribution is 8.14. The van der Waals surface area contributed by atoms with Crippen molar-refractivity contribution < 1.29 is 9.53 Å². The van der Waals surface area contributed by atoms with Crippen molar-refractivity contribution >= 4 is 22.8 Å². The molecule has 1 aliphatic rings. The lowest BCUT2D eigenvalue weighted by Crippen LogP contribution is -2.27. The number of amidine groups is 1. The lowest BCUT2D eigenvalue weighted by Gasteiger charge is -2.05. The van der Waals surface area contributed by atoms with Gasteiger partial charge in [0.25, 0.3) is 0 Å². The summed E-state index contributed by atoms with van der Waals surface area (Å²) in [6, 6.07) is 7.77. The van der Waals surface area contributed by atoms with Crippen LogP contribution in [0.1, 0.15) is 12.0 Å². The maximum absolute atomic E-state index is 11.7. The normalized spacial score (nSPS) is 14.2. The zero-order valence-electron chi connectivity index (χ0n) is 10.3. The Bertz CT molecular complexity index is 443. The average molecular weight is 264 g/mol. The number of nitrogens with zero attached hydrogens (tertiary/aromatic N) is 1. The van der Waals surface area contributed by atoms with Crippen LogP contribution in [0, 0.1) is 0 Å². The van der Waals surface area contributed by atoms with E-state index in [2.05, 4.69) is 10.3 Å². The van der Waals surface area contributed by atoms with E-state index >= 15 is 0 Å². The Balaban J connectivity index is 1.77. The summed E-state index contributed by atoms with van der Waals surface area (Å²) in [5.74, 6) is 1.83. The molecule has 0 bridgehead atoms. The van der Waals surface area contributed by atoms with Crippen molar-refractivity contribution in [2.45, 2.75) is 12.8 Å². The molecular formula is C13H16N2O2S. The van der Waals surface area contributed by atoms with Gasteiger partial charge in [0.15, 0.2) is 5.17 Å². The SMILES string of the molecule is COc1ccc(CCC(=O)NC2=NCCS2)cc1. The molecule has 1 aromatic carbocycles. The minimum Gasteiger partial charge on any atom is -0.497 e. The first-order chi connectivity index (χ1) is 8.78. The molecule has 1 amide bonds. The van der Waals surface area contributed by atoms with Crippen LogP contribution in [0.15, 0.2) is 29.3 Å². The second-order valence-corrected chi connectivity index (χ2v) is 5.02. The summed E-state index contributed by atoms with van der Waals surface area (Å²) in [4.78, 5) is 15.8. The number of hydrogen-bond acceptors (Lipinski definition) is 4. The van der Waals surface area contributed by atoms with Gasteiger partial charge in [0.1, 0.15) is 5.75 Å². The van der Waals surface area contributed by atoms with Crippen molar-refractivity contribution in [1.82, 2.24) is 5.32 Å². The highest BCUT2D eigenvalue weighted by Gasteiger charge is 2.10. The Kier molecular flexibility index (Phi) is 4.64. The number of methoxy groups -OCH3 is 1. The summed E-state index contributed by atoms with van der Waals surface area (Å²) in [5, 5.41) is 3.58. The van der Waals surface area contributed by atoms with Gasteiger partial charge in [0.2, 0.25) is 5.91 Å². The largest absolute Gasteiger partial charge is 0.497 e. The topological polar surface area (TPSA) is 50.7 Å². The molecule has 18 heavy (non-hydrogen) atoms. The predicted octanol–water partition coefficient (Wildman–Crippen LogP) is 1.85. The molecule has 0 fully saturated rings. The molecule has 5 heteroatoms. The van der Waals surface area contributed by atoms with Crippen LogP contribution in [0.2, 0.25) is 0 Å². The van der Waals surface area contributed by atoms with Gasteiger partial charge in [0, 0.05) is 12.2 Å². The van der Waals surface area contributed by atoms with E-state index in [4.69, 9.17) is 4.74 Å². The van der Waals surface area contributed by atoms with Crippen molar-refractivity contribution in [1.29, 1.82) is 0 Å². The van der Waals surface area contributed by atoms with E-state index in [9.17, 15) is 4.79 Å². The van der Waals surface area contributed by atoms with Crippen LogP contribution in [0.3, 0.4) is 0 Å². The van der Waals surface area contributed by atoms with Crippen LogP contribution in [-0.4, -0.2) is 30.5 Å². The highest BCUT2D eigenvalue weighted by atomic mass is 32.2. The van der Waals surface area contributed by atoms with Gasteiger partial charge >= 0.3 is 0 Å². The van der Waals surface area contributed by atoms with Crippen molar-refractivity contribution in [2.75, 3.05) is 19.4 Å². The summed E-state index contributed by atoms with van der Waals surface area (Å²) >= 11 is 1.60. The molecule has 0 saturated heterocycles. The molecule has 0 aliphatic carbocycles. The molecule has 1 aliphatic heterocycles. The lowest BCUT2D eigenvalue weighted by atomic mass is 10.1. The fourth-order valence-corrected chi connectivity index (χ4v) is 2.39. The standard InChI is InChI=1S/C13H16N2O2S/c1-17-11-5-2-10(3-6-11)4-7-12(16)15-13-14-8-9-18-13/h2-3,5-6H,4,7-9H2,1H3,(H,14,15,16). The van der Waals surface area contributed by atoms with E-state index in [1.807, 2.05) is 24.3 Å². The molecule has 1 N–H and O–H groups in total. The molecule has 0 unspecified atom stereocenters. The number of aryl methyl sites for hydroxylation is 1. The number of nitrogens with one attached hydrogen (secondary N) is 1. The Labute approximate surface area is 111 Å². The summed E-state index contributed by atoms with van der Waals surface area (Å²) in [6.45, 7) is 0.804. The van der Waals surface area contributed by atoms with Crippen molar-refractivity contribution in [2.24, 2.45) is 4.99 Å². The number of ether oxygens (including phenoxy) is 1. The summed E-state index contributed by atoms with van der Waals surface area (Å²) in [6.07, 6.45) is 1.21. The van der Waals surface area contributed by atoms with Gasteiger partial charge in [-0.15, -0.1) is 0 Å². The van der Waals surface area contributed by atoms with E-state index < -0.39 is 0 Å². The van der Waals surface area contributed by atoms with E-state index in [0.717, 1.165) is 35.2 Å². The predicted molar refractivity (Wildman–Crippen MR) is 74.2 cm³/mol. The first-order valence-corrected chi connectivity index (χ1v) is 6.86. The van der Waals surface area contributed by atoms with Gasteiger partial charge in [-0.25, -0.2) is 0 Å². The van der Waals surface area contributed by atoms with Crippen LogP contribution in [0.4, 0.5) is 0 Å². The van der Waals surface area contributed by atoms with Gasteiger partial charge in [-0.2, -0.15) is 0 Å². The van der Waals surface area contributed by atoms with Gasteiger partial charge in [0.05, 0.1) is 13.7 Å². The number of benzene rings is 1. The monoisotopic (exact) mass is 264 g/mol. The van der Waals surface area contributed by atoms with Crippen LogP contribution < -0.4 is 10.1 Å². The van der Waals surface area contributed by atoms with Crippen LogP contribution >= 0.6 is 11.8 Å². The summed E-state index contributed by atoms with van der Waals surface area (Å²) in [5.41, 5.74) is 1.13. The van der Waals surface area contributed by atoms with Gasteiger partial charge in [-0.1, -0.05) is 23.9 Å². The van der Waals surface area contributed by atoms with Crippen molar-refractivity contribution in [3.05, 3.63) is 29.8 Å². The number of aliphatic imine (C=N–C) groups is 1. The number of carbonyl (C=O) groups is 1. The highest BCUT2D eigenvalue weighted by Crippen LogP contribution is 2.13. The Hall–Kier alpha value is -1.49. The molecule has 1 aromatic rings. The third-order valence-corrected chi connectivity index (χ3v) is 3.52. The minimum atomic E-state index is 0.0268. The molecule has 0 radical (unpaired) electrons. The van der Waals surface area contributed by atoms with E-state index in [-0.39, 0.29) is 5.91 Å². The number of hydrogen-bond donors (Lipinski definition) is 1. The second-order valence-electron chi connectivity index (χ2n) is 3.93. The Morgan fingerprint density at radius 1 is 1.44 bits per heavy atom. The molecular weight excluding hydrogens is 248 g/mol. The first kappa shape index (κ1) is 13.0. The molecule has 1 heterocycles. The second kappa shape index (κ2) is 6.44. The minimum absolute atomic E-state index is 0.0268. The van der Waals surface area contributed by atoms with Crippen molar-refractivity contribution in [3.63, 3.8) is 0 Å². The number of amides is 1. The van der Waals surface area contributed by atoms with Crippen LogP contribution in [0.25, 0.3) is 0 Å². The Morgan fingerprint density at radius 3 is 2.83 bits per heavy atom. The van der Waals surface area contributed by atoms with Gasteiger partial charge in [-0.3, -0.25) is 9.79 Å². The number of thioether (sulfide) groups is 1. The van der Waals surface area contributed by atoms with E-state index in [0.29, 0.717) is 6.42 Å². The Morgan fingerprint density at radius 2 is 2.22 bits per heavy atom. The smallest absolute Gasteiger partial charge is 0.226 e. The van der Waals surface area contributed by atoms with Crippen molar-refractivity contribution in [3.8, 4) is 5.75 Å². The zero-order valence-corrected chi connectivity index (χ0v) is 11.1. The maximum atomic E-state index is 11.7. The first-order valence-electron chi connectivity index (χ1n) is 5.88. The molecule has 2 rings (SSSR count). The molecule has 0 spiro atoms. The zero-order chi connectivity index (χ0) is 12.8. The van der Waals surface area contributed by atoms with Crippen LogP contribution in [0.5, 0.6) is 5.75 Å². The molecule has 4 nitrogen and oxygen atoms in total. The van der Waals surface area contributed by atoms with Gasteiger partial charge in [-0.05, 0) is 24.1 Å². The van der Waals surface area contributed by atoms with E-state index in [1.54, 1.807) is 18.9 Å². The fraction of sp³-hybridized carbons (Fsp3) is 0.385. The molecule has 96 valence electrons. The number of carbonyl (C=O) groups excluding carboxylic acids is 1. The summed E-state index contributed by atoms with van der Waals surface area (Å²) in [7, 11) is 1.64. The lowest BCUT2D eigenvalue weighted by molar-refractivity contribution is -0.119. The average Bonchev–Trinajstić information content (AvgIpc) is 2.90. The van der Waals surface area contributed by atoms with E-state index in [1.165, 1.54) is 0 Å². The maximum Gasteiger partial charge on any atom is 0.226 e. The molecule has 0 atom stereocenters. The molecule has 0 saturated carbocycles. The summed E-state index contributed by atoms with van der Waals surface area (Å²) < 4.78 is 5.09. The third kappa shape index (κ3) is 3.77.